The highest BCUT2D eigenvalue weighted by atomic mass is 32.2. The molecule has 29 heavy (non-hydrogen) atoms. The maximum absolute atomic E-state index is 12.5. The number of benzene rings is 2. The topological polar surface area (TPSA) is 116 Å². The molecule has 11 heteroatoms. The summed E-state index contributed by atoms with van der Waals surface area (Å²) in [5.74, 6) is 1.08. The molecular formula is C18H16N4O5S2. The van der Waals surface area contributed by atoms with E-state index in [0.29, 0.717) is 32.3 Å². The van der Waals surface area contributed by atoms with Crippen LogP contribution in [-0.4, -0.2) is 35.2 Å². The summed E-state index contributed by atoms with van der Waals surface area (Å²) in [6, 6.07) is 11.3. The molecule has 3 aromatic rings. The summed E-state index contributed by atoms with van der Waals surface area (Å²) >= 11 is 2.60. The van der Waals surface area contributed by atoms with Crippen LogP contribution in [0.3, 0.4) is 0 Å². The number of anilines is 1. The van der Waals surface area contributed by atoms with Crippen molar-refractivity contribution in [2.24, 2.45) is 0 Å². The molecule has 0 radical (unpaired) electrons. The molecule has 9 nitrogen and oxygen atoms in total. The van der Waals surface area contributed by atoms with Gasteiger partial charge in [0.1, 0.15) is 11.5 Å². The van der Waals surface area contributed by atoms with Gasteiger partial charge in [-0.3, -0.25) is 20.2 Å². The number of nitrogens with one attached hydrogen (secondary N) is 1. The van der Waals surface area contributed by atoms with Crippen LogP contribution in [0.1, 0.15) is 15.9 Å². The van der Waals surface area contributed by atoms with Crippen molar-refractivity contribution in [2.45, 2.75) is 10.1 Å². The third-order valence-electron chi connectivity index (χ3n) is 3.76. The van der Waals surface area contributed by atoms with Gasteiger partial charge < -0.3 is 9.47 Å². The number of nitrogens with zero attached hydrogens (tertiary/aromatic N) is 3. The minimum Gasteiger partial charge on any atom is -0.497 e. The molecule has 0 bridgehead atoms. The van der Waals surface area contributed by atoms with E-state index in [1.807, 2.05) is 0 Å². The molecule has 0 spiro atoms. The number of carbonyl (C=O) groups is 1. The number of nitro groups is 1. The number of rotatable bonds is 8. The highest BCUT2D eigenvalue weighted by molar-refractivity contribution is 8.00. The van der Waals surface area contributed by atoms with E-state index in [1.165, 1.54) is 49.5 Å². The molecule has 1 N–H and O–H groups in total. The molecule has 0 saturated heterocycles. The summed E-state index contributed by atoms with van der Waals surface area (Å²) in [6.07, 6.45) is 0. The van der Waals surface area contributed by atoms with Crippen molar-refractivity contribution in [3.8, 4) is 11.5 Å². The molecule has 1 amide bonds. The molecule has 0 fully saturated rings. The fraction of sp³-hybridized carbons (Fsp3) is 0.167. The number of amides is 1. The molecule has 0 aliphatic heterocycles. The summed E-state index contributed by atoms with van der Waals surface area (Å²) in [6.45, 7) is 0. The summed E-state index contributed by atoms with van der Waals surface area (Å²) in [5.41, 5.74) is 1.18. The highest BCUT2D eigenvalue weighted by Crippen LogP contribution is 2.30. The lowest BCUT2D eigenvalue weighted by Crippen LogP contribution is -2.13. The van der Waals surface area contributed by atoms with Gasteiger partial charge in [0.15, 0.2) is 4.34 Å². The molecule has 1 heterocycles. The largest absolute Gasteiger partial charge is 0.497 e. The first-order valence-corrected chi connectivity index (χ1v) is 10.0. The smallest absolute Gasteiger partial charge is 0.269 e. The lowest BCUT2D eigenvalue weighted by Gasteiger charge is -2.09. The molecule has 0 saturated carbocycles. The van der Waals surface area contributed by atoms with E-state index in [0.717, 1.165) is 5.56 Å². The average molecular weight is 432 g/mol. The molecule has 0 atom stereocenters. The number of hydrogen-bond donors (Lipinski definition) is 1. The van der Waals surface area contributed by atoms with Crippen molar-refractivity contribution < 1.29 is 19.2 Å². The number of non-ortho nitro benzene ring substituents is 1. The molecule has 0 unspecified atom stereocenters. The Bertz CT molecular complexity index is 1040. The lowest BCUT2D eigenvalue weighted by atomic mass is 10.2. The molecule has 3 rings (SSSR count). The maximum Gasteiger partial charge on any atom is 0.269 e. The van der Waals surface area contributed by atoms with Crippen LogP contribution in [0.5, 0.6) is 11.5 Å². The number of methoxy groups -OCH3 is 2. The van der Waals surface area contributed by atoms with Gasteiger partial charge in [-0.05, 0) is 17.7 Å². The minimum absolute atomic E-state index is 0.0433. The quantitative estimate of drug-likeness (QED) is 0.246. The van der Waals surface area contributed by atoms with Gasteiger partial charge in [-0.1, -0.05) is 35.2 Å². The van der Waals surface area contributed by atoms with E-state index < -0.39 is 4.92 Å². The second-order valence-electron chi connectivity index (χ2n) is 5.61. The molecule has 1 aromatic heterocycles. The SMILES string of the molecule is COc1ccc(C(=O)Nc2nnc(SCc3cccc([N+](=O)[O-])c3)s2)c(OC)c1. The van der Waals surface area contributed by atoms with Crippen molar-refractivity contribution in [3.63, 3.8) is 0 Å². The molecular weight excluding hydrogens is 416 g/mol. The molecule has 0 aliphatic carbocycles. The second kappa shape index (κ2) is 9.34. The van der Waals surface area contributed by atoms with Crippen LogP contribution in [0.15, 0.2) is 46.8 Å². The Hall–Kier alpha value is -3.18. The van der Waals surface area contributed by atoms with Gasteiger partial charge in [-0.25, -0.2) is 0 Å². The first kappa shape index (κ1) is 20.6. The summed E-state index contributed by atoms with van der Waals surface area (Å²) < 4.78 is 11.0. The van der Waals surface area contributed by atoms with Gasteiger partial charge in [0, 0.05) is 24.0 Å². The number of hydrogen-bond acceptors (Lipinski definition) is 9. The van der Waals surface area contributed by atoms with Crippen molar-refractivity contribution in [1.29, 1.82) is 0 Å². The Balaban J connectivity index is 1.64. The van der Waals surface area contributed by atoms with E-state index in [2.05, 4.69) is 15.5 Å². The minimum atomic E-state index is -0.430. The Kier molecular flexibility index (Phi) is 6.62. The van der Waals surface area contributed by atoms with Gasteiger partial charge in [0.05, 0.1) is 24.7 Å². The van der Waals surface area contributed by atoms with Crippen molar-refractivity contribution in [1.82, 2.24) is 10.2 Å². The van der Waals surface area contributed by atoms with E-state index >= 15 is 0 Å². The van der Waals surface area contributed by atoms with E-state index in [9.17, 15) is 14.9 Å². The molecule has 2 aromatic carbocycles. The number of aromatic nitrogens is 2. The number of nitro benzene ring substituents is 1. The maximum atomic E-state index is 12.5. The van der Waals surface area contributed by atoms with Gasteiger partial charge in [-0.15, -0.1) is 10.2 Å². The monoisotopic (exact) mass is 432 g/mol. The summed E-state index contributed by atoms with van der Waals surface area (Å²) in [5, 5.41) is 21.9. The van der Waals surface area contributed by atoms with Crippen molar-refractivity contribution in [3.05, 3.63) is 63.7 Å². The van der Waals surface area contributed by atoms with Crippen molar-refractivity contribution in [2.75, 3.05) is 19.5 Å². The fourth-order valence-corrected chi connectivity index (χ4v) is 4.06. The van der Waals surface area contributed by atoms with Crippen LogP contribution in [0.2, 0.25) is 0 Å². The van der Waals surface area contributed by atoms with Crippen molar-refractivity contribution >= 4 is 39.8 Å². The lowest BCUT2D eigenvalue weighted by molar-refractivity contribution is -0.384. The van der Waals surface area contributed by atoms with Crippen LogP contribution >= 0.6 is 23.1 Å². The van der Waals surface area contributed by atoms with Gasteiger partial charge in [0.25, 0.3) is 11.6 Å². The Morgan fingerprint density at radius 3 is 2.76 bits per heavy atom. The number of carbonyl (C=O) groups excluding carboxylic acids is 1. The first-order valence-electron chi connectivity index (χ1n) is 8.23. The van der Waals surface area contributed by atoms with E-state index in [4.69, 9.17) is 9.47 Å². The first-order chi connectivity index (χ1) is 14.0. The fourth-order valence-electron chi connectivity index (χ4n) is 2.37. The number of ether oxygens (including phenoxy) is 2. The number of thioether (sulfide) groups is 1. The standard InChI is InChI=1S/C18H16N4O5S2/c1-26-13-6-7-14(15(9-13)27-2)16(23)19-17-20-21-18(29-17)28-10-11-4-3-5-12(8-11)22(24)25/h3-9H,10H2,1-2H3,(H,19,20,23). The third-order valence-corrected chi connectivity index (χ3v) is 5.81. The van der Waals surface area contributed by atoms with E-state index in [1.54, 1.807) is 30.3 Å². The highest BCUT2D eigenvalue weighted by Gasteiger charge is 2.16. The second-order valence-corrected chi connectivity index (χ2v) is 7.81. The Morgan fingerprint density at radius 1 is 1.21 bits per heavy atom. The van der Waals surface area contributed by atoms with Crippen LogP contribution < -0.4 is 14.8 Å². The van der Waals surface area contributed by atoms with E-state index in [-0.39, 0.29) is 11.6 Å². The van der Waals surface area contributed by atoms with Gasteiger partial charge in [-0.2, -0.15) is 0 Å². The zero-order valence-electron chi connectivity index (χ0n) is 15.4. The average Bonchev–Trinajstić information content (AvgIpc) is 3.19. The normalized spacial score (nSPS) is 10.4. The molecule has 150 valence electrons. The Labute approximate surface area is 174 Å². The van der Waals surface area contributed by atoms with Crippen LogP contribution in [0, 0.1) is 10.1 Å². The predicted molar refractivity (Wildman–Crippen MR) is 110 cm³/mol. The zero-order chi connectivity index (χ0) is 20.8. The zero-order valence-corrected chi connectivity index (χ0v) is 17.1. The van der Waals surface area contributed by atoms with Gasteiger partial charge in [0.2, 0.25) is 5.13 Å². The van der Waals surface area contributed by atoms with Crippen LogP contribution in [-0.2, 0) is 5.75 Å². The predicted octanol–water partition coefficient (Wildman–Crippen LogP) is 4.01. The van der Waals surface area contributed by atoms with Crippen LogP contribution in [0.4, 0.5) is 10.8 Å². The third kappa shape index (κ3) is 5.21. The summed E-state index contributed by atoms with van der Waals surface area (Å²) in [7, 11) is 3.00. The van der Waals surface area contributed by atoms with Gasteiger partial charge >= 0.3 is 0 Å². The summed E-state index contributed by atoms with van der Waals surface area (Å²) in [4.78, 5) is 22.9. The van der Waals surface area contributed by atoms with Crippen LogP contribution in [0.25, 0.3) is 0 Å². The Morgan fingerprint density at radius 2 is 2.03 bits per heavy atom. The molecule has 0 aliphatic rings.